The molecule has 0 saturated heterocycles. The smallest absolute Gasteiger partial charge is 0.193 e. The zero-order valence-electron chi connectivity index (χ0n) is 13.9. The fourth-order valence-corrected chi connectivity index (χ4v) is 3.91. The number of aliphatic imine (C=N–C) groups is 1. The molecule has 0 radical (unpaired) electrons. The van der Waals surface area contributed by atoms with Crippen LogP contribution in [0.5, 0.6) is 0 Å². The molecule has 0 aliphatic carbocycles. The van der Waals surface area contributed by atoms with Gasteiger partial charge in [0.1, 0.15) is 5.82 Å². The molecule has 2 heterocycles. The highest BCUT2D eigenvalue weighted by Gasteiger charge is 2.07. The second-order valence-electron chi connectivity index (χ2n) is 5.41. The lowest BCUT2D eigenvalue weighted by Crippen LogP contribution is -2.38. The Bertz CT molecular complexity index is 634. The van der Waals surface area contributed by atoms with Gasteiger partial charge < -0.3 is 14.8 Å². The third kappa shape index (κ3) is 5.66. The van der Waals surface area contributed by atoms with Crippen LogP contribution in [0.4, 0.5) is 0 Å². The van der Waals surface area contributed by atoms with Crippen LogP contribution in [0.15, 0.2) is 33.3 Å². The molecule has 23 heavy (non-hydrogen) atoms. The number of guanidine groups is 1. The maximum Gasteiger partial charge on any atom is 0.193 e. The number of rotatable bonds is 7. The van der Waals surface area contributed by atoms with E-state index in [1.165, 1.54) is 8.66 Å². The van der Waals surface area contributed by atoms with Crippen LogP contribution >= 0.6 is 27.3 Å². The fourth-order valence-electron chi connectivity index (χ4n) is 2.38. The zero-order valence-corrected chi connectivity index (χ0v) is 16.3. The van der Waals surface area contributed by atoms with E-state index >= 15 is 0 Å². The molecule has 2 aromatic rings. The van der Waals surface area contributed by atoms with E-state index in [-0.39, 0.29) is 0 Å². The van der Waals surface area contributed by atoms with Gasteiger partial charge in [0.2, 0.25) is 0 Å². The first kappa shape index (κ1) is 18.0. The van der Waals surface area contributed by atoms with Gasteiger partial charge in [-0.05, 0) is 47.8 Å². The van der Waals surface area contributed by atoms with E-state index in [2.05, 4.69) is 59.9 Å². The van der Waals surface area contributed by atoms with Gasteiger partial charge in [-0.2, -0.15) is 0 Å². The average Bonchev–Trinajstić information content (AvgIpc) is 3.11. The fraction of sp³-hybridized carbons (Fsp3) is 0.500. The first-order valence-corrected chi connectivity index (χ1v) is 9.35. The standard InChI is InChI=1S/C16H24BrN5S/c1-13-19-9-11-22(13)10-5-4-8-20-16(18-2)21(3)12-14-6-7-15(17)23-14/h6-7,9,11H,4-5,8,10,12H2,1-3H3,(H,18,20). The molecule has 0 amide bonds. The summed E-state index contributed by atoms with van der Waals surface area (Å²) in [4.78, 5) is 12.1. The third-order valence-electron chi connectivity index (χ3n) is 3.63. The van der Waals surface area contributed by atoms with Gasteiger partial charge in [0, 0.05) is 44.5 Å². The van der Waals surface area contributed by atoms with Crippen LogP contribution in [0.3, 0.4) is 0 Å². The molecule has 0 saturated carbocycles. The number of hydrogen-bond donors (Lipinski definition) is 1. The summed E-state index contributed by atoms with van der Waals surface area (Å²) in [5.74, 6) is 2.02. The van der Waals surface area contributed by atoms with E-state index in [0.29, 0.717) is 0 Å². The second kappa shape index (κ2) is 9.08. The summed E-state index contributed by atoms with van der Waals surface area (Å²) in [5, 5.41) is 3.43. The second-order valence-corrected chi connectivity index (χ2v) is 7.96. The minimum Gasteiger partial charge on any atom is -0.356 e. The quantitative estimate of drug-likeness (QED) is 0.441. The summed E-state index contributed by atoms with van der Waals surface area (Å²) in [6, 6.07) is 4.23. The number of aryl methyl sites for hydroxylation is 2. The Balaban J connectivity index is 1.69. The summed E-state index contributed by atoms with van der Waals surface area (Å²) in [5.41, 5.74) is 0. The molecule has 0 bridgehead atoms. The van der Waals surface area contributed by atoms with Gasteiger partial charge in [-0.1, -0.05) is 0 Å². The highest BCUT2D eigenvalue weighted by Crippen LogP contribution is 2.22. The van der Waals surface area contributed by atoms with Gasteiger partial charge in [0.15, 0.2) is 5.96 Å². The molecule has 2 aromatic heterocycles. The summed E-state index contributed by atoms with van der Waals surface area (Å²) in [6.07, 6.45) is 6.12. The van der Waals surface area contributed by atoms with Crippen molar-refractivity contribution < 1.29 is 0 Å². The molecule has 0 aromatic carbocycles. The van der Waals surface area contributed by atoms with E-state index in [0.717, 1.165) is 44.3 Å². The molecular weight excluding hydrogens is 374 g/mol. The van der Waals surface area contributed by atoms with Crippen molar-refractivity contribution in [3.05, 3.63) is 39.0 Å². The Morgan fingerprint density at radius 2 is 2.26 bits per heavy atom. The monoisotopic (exact) mass is 397 g/mol. The van der Waals surface area contributed by atoms with E-state index in [1.54, 1.807) is 11.3 Å². The largest absolute Gasteiger partial charge is 0.356 e. The van der Waals surface area contributed by atoms with Crippen LogP contribution in [0.2, 0.25) is 0 Å². The molecule has 7 heteroatoms. The number of unbranched alkanes of at least 4 members (excludes halogenated alkanes) is 1. The van der Waals surface area contributed by atoms with Gasteiger partial charge in [-0.15, -0.1) is 11.3 Å². The van der Waals surface area contributed by atoms with E-state index in [1.807, 2.05) is 26.4 Å². The van der Waals surface area contributed by atoms with Crippen molar-refractivity contribution in [2.24, 2.45) is 4.99 Å². The van der Waals surface area contributed by atoms with Crippen LogP contribution in [0, 0.1) is 6.92 Å². The maximum absolute atomic E-state index is 4.36. The Kier molecular flexibility index (Phi) is 7.11. The highest BCUT2D eigenvalue weighted by molar-refractivity contribution is 9.11. The van der Waals surface area contributed by atoms with Crippen molar-refractivity contribution in [1.29, 1.82) is 0 Å². The number of nitrogens with one attached hydrogen (secondary N) is 1. The van der Waals surface area contributed by atoms with E-state index in [9.17, 15) is 0 Å². The van der Waals surface area contributed by atoms with Crippen LogP contribution < -0.4 is 5.32 Å². The van der Waals surface area contributed by atoms with E-state index < -0.39 is 0 Å². The highest BCUT2D eigenvalue weighted by atomic mass is 79.9. The van der Waals surface area contributed by atoms with Gasteiger partial charge in [-0.25, -0.2) is 4.98 Å². The lowest BCUT2D eigenvalue weighted by molar-refractivity contribution is 0.477. The van der Waals surface area contributed by atoms with Crippen molar-refractivity contribution in [3.63, 3.8) is 0 Å². The molecule has 0 unspecified atom stereocenters. The number of aromatic nitrogens is 2. The molecule has 1 N–H and O–H groups in total. The lowest BCUT2D eigenvalue weighted by Gasteiger charge is -2.21. The predicted octanol–water partition coefficient (Wildman–Crippen LogP) is 3.50. The normalized spacial score (nSPS) is 11.7. The molecule has 0 spiro atoms. The first-order chi connectivity index (χ1) is 11.1. The van der Waals surface area contributed by atoms with Crippen LogP contribution in [-0.2, 0) is 13.1 Å². The molecule has 126 valence electrons. The Morgan fingerprint density at radius 1 is 1.43 bits per heavy atom. The number of nitrogens with zero attached hydrogens (tertiary/aromatic N) is 4. The molecule has 0 aliphatic heterocycles. The van der Waals surface area contributed by atoms with Gasteiger partial charge >= 0.3 is 0 Å². The minimum atomic E-state index is 0.865. The minimum absolute atomic E-state index is 0.865. The van der Waals surface area contributed by atoms with E-state index in [4.69, 9.17) is 0 Å². The number of imidazole rings is 1. The SMILES string of the molecule is CN=C(NCCCCn1ccnc1C)N(C)Cc1ccc(Br)s1. The molecule has 2 rings (SSSR count). The molecule has 0 atom stereocenters. The topological polar surface area (TPSA) is 45.5 Å². The molecule has 5 nitrogen and oxygen atoms in total. The van der Waals surface area contributed by atoms with Gasteiger partial charge in [-0.3, -0.25) is 4.99 Å². The average molecular weight is 398 g/mol. The van der Waals surface area contributed by atoms with Crippen LogP contribution in [0.1, 0.15) is 23.5 Å². The molecule has 0 aliphatic rings. The van der Waals surface area contributed by atoms with Gasteiger partial charge in [0.05, 0.1) is 10.3 Å². The van der Waals surface area contributed by atoms with Crippen molar-refractivity contribution in [3.8, 4) is 0 Å². The van der Waals surface area contributed by atoms with Crippen molar-refractivity contribution >= 4 is 33.2 Å². The van der Waals surface area contributed by atoms with Crippen molar-refractivity contribution in [1.82, 2.24) is 19.8 Å². The maximum atomic E-state index is 4.36. The Labute approximate surface area is 150 Å². The summed E-state index contributed by atoms with van der Waals surface area (Å²) in [6.45, 7) is 4.85. The summed E-state index contributed by atoms with van der Waals surface area (Å²) >= 11 is 5.26. The van der Waals surface area contributed by atoms with Crippen LogP contribution in [0.25, 0.3) is 0 Å². The summed E-state index contributed by atoms with van der Waals surface area (Å²) < 4.78 is 3.36. The predicted molar refractivity (Wildman–Crippen MR) is 101 cm³/mol. The zero-order chi connectivity index (χ0) is 16.7. The Morgan fingerprint density at radius 3 is 2.87 bits per heavy atom. The first-order valence-electron chi connectivity index (χ1n) is 7.74. The van der Waals surface area contributed by atoms with Crippen LogP contribution in [-0.4, -0.2) is 41.1 Å². The number of thiophene rings is 1. The van der Waals surface area contributed by atoms with Crippen molar-refractivity contribution in [2.75, 3.05) is 20.6 Å². The van der Waals surface area contributed by atoms with Gasteiger partial charge in [0.25, 0.3) is 0 Å². The number of halogens is 1. The molecular formula is C16H24BrN5S. The number of hydrogen-bond acceptors (Lipinski definition) is 3. The molecule has 0 fully saturated rings. The van der Waals surface area contributed by atoms with Crippen molar-refractivity contribution in [2.45, 2.75) is 32.9 Å². The third-order valence-corrected chi connectivity index (χ3v) is 5.24. The summed E-state index contributed by atoms with van der Waals surface area (Å²) in [7, 11) is 3.90. The Hall–Kier alpha value is -1.34. The lowest BCUT2D eigenvalue weighted by atomic mass is 10.3.